The molecule has 0 aliphatic carbocycles. The predicted molar refractivity (Wildman–Crippen MR) is 53.0 cm³/mol. The number of nitrogens with two attached hydrogens (primary N) is 1. The van der Waals surface area contributed by atoms with Crippen LogP contribution in [0.15, 0.2) is 0 Å². The highest BCUT2D eigenvalue weighted by Crippen LogP contribution is 2.31. The van der Waals surface area contributed by atoms with Gasteiger partial charge in [-0.3, -0.25) is 0 Å². The van der Waals surface area contributed by atoms with Crippen molar-refractivity contribution in [2.75, 3.05) is 0 Å². The molecule has 0 radical (unpaired) electrons. The lowest BCUT2D eigenvalue weighted by Crippen LogP contribution is -2.58. The van der Waals surface area contributed by atoms with Crippen molar-refractivity contribution in [3.8, 4) is 0 Å². The lowest BCUT2D eigenvalue weighted by atomic mass is 9.73. The van der Waals surface area contributed by atoms with Crippen molar-refractivity contribution in [3.05, 3.63) is 0 Å². The molecule has 0 aliphatic heterocycles. The van der Waals surface area contributed by atoms with Gasteiger partial charge in [0.25, 0.3) is 0 Å². The summed E-state index contributed by atoms with van der Waals surface area (Å²) in [6.45, 7) is 9.78. The van der Waals surface area contributed by atoms with E-state index in [0.717, 1.165) is 12.8 Å². The van der Waals surface area contributed by atoms with Gasteiger partial charge in [-0.1, -0.05) is 26.7 Å². The minimum absolute atomic E-state index is 0.289. The van der Waals surface area contributed by atoms with Crippen LogP contribution in [-0.4, -0.2) is 16.2 Å². The minimum Gasteiger partial charge on any atom is -0.388 e. The summed E-state index contributed by atoms with van der Waals surface area (Å²) in [6.07, 6.45) is 1.95. The maximum atomic E-state index is 10.2. The van der Waals surface area contributed by atoms with E-state index in [1.807, 2.05) is 20.8 Å². The van der Waals surface area contributed by atoms with Crippen LogP contribution in [0.25, 0.3) is 0 Å². The van der Waals surface area contributed by atoms with E-state index in [0.29, 0.717) is 0 Å². The number of hydrogen-bond acceptors (Lipinski definition) is 2. The van der Waals surface area contributed by atoms with Crippen molar-refractivity contribution in [1.29, 1.82) is 0 Å². The van der Waals surface area contributed by atoms with E-state index in [1.165, 1.54) is 0 Å². The summed E-state index contributed by atoms with van der Waals surface area (Å²) in [5.74, 6) is 0.289. The first-order valence-electron chi connectivity index (χ1n) is 4.78. The van der Waals surface area contributed by atoms with Gasteiger partial charge in [0.2, 0.25) is 0 Å². The van der Waals surface area contributed by atoms with Crippen molar-refractivity contribution in [1.82, 2.24) is 0 Å². The van der Waals surface area contributed by atoms with Gasteiger partial charge in [0.15, 0.2) is 0 Å². The standard InChI is InChI=1S/C10H23NO/c1-6-8(7-2)10(5,12)9(3,4)11/h8,12H,6-7,11H2,1-5H3. The summed E-state index contributed by atoms with van der Waals surface area (Å²) >= 11 is 0. The topological polar surface area (TPSA) is 46.2 Å². The first kappa shape index (κ1) is 11.9. The molecule has 0 saturated carbocycles. The van der Waals surface area contributed by atoms with E-state index < -0.39 is 11.1 Å². The fourth-order valence-corrected chi connectivity index (χ4v) is 1.61. The molecule has 0 aromatic carbocycles. The first-order chi connectivity index (χ1) is 5.27. The second kappa shape index (κ2) is 3.75. The number of hydrogen-bond donors (Lipinski definition) is 2. The van der Waals surface area contributed by atoms with E-state index in [4.69, 9.17) is 5.73 Å². The largest absolute Gasteiger partial charge is 0.388 e. The SMILES string of the molecule is CCC(CC)C(C)(O)C(C)(C)N. The van der Waals surface area contributed by atoms with Gasteiger partial charge in [-0.15, -0.1) is 0 Å². The van der Waals surface area contributed by atoms with E-state index in [2.05, 4.69) is 13.8 Å². The Hall–Kier alpha value is -0.0800. The molecule has 0 heterocycles. The number of aliphatic hydroxyl groups is 1. The summed E-state index contributed by atoms with van der Waals surface area (Å²) in [5, 5.41) is 10.2. The zero-order valence-electron chi connectivity index (χ0n) is 9.02. The molecule has 1 atom stereocenters. The average Bonchev–Trinajstić information content (AvgIpc) is 1.87. The van der Waals surface area contributed by atoms with Gasteiger partial charge < -0.3 is 10.8 Å². The molecule has 3 N–H and O–H groups in total. The van der Waals surface area contributed by atoms with E-state index >= 15 is 0 Å². The Bertz CT molecular complexity index is 131. The third kappa shape index (κ3) is 2.20. The molecule has 74 valence electrons. The maximum Gasteiger partial charge on any atom is 0.0820 e. The molecule has 2 heteroatoms. The molecule has 0 saturated heterocycles. The molecule has 0 spiro atoms. The summed E-state index contributed by atoms with van der Waals surface area (Å²) in [5.41, 5.74) is 4.62. The highest BCUT2D eigenvalue weighted by molar-refractivity contribution is 4.97. The zero-order chi connectivity index (χ0) is 9.99. The van der Waals surface area contributed by atoms with Gasteiger partial charge in [-0.25, -0.2) is 0 Å². The molecule has 0 bridgehead atoms. The zero-order valence-corrected chi connectivity index (χ0v) is 9.02. The van der Waals surface area contributed by atoms with Crippen LogP contribution in [0.1, 0.15) is 47.5 Å². The molecule has 12 heavy (non-hydrogen) atoms. The van der Waals surface area contributed by atoms with Crippen LogP contribution in [0.2, 0.25) is 0 Å². The Labute approximate surface area is 76.2 Å². The van der Waals surface area contributed by atoms with Gasteiger partial charge in [0, 0.05) is 5.54 Å². The van der Waals surface area contributed by atoms with Crippen LogP contribution >= 0.6 is 0 Å². The van der Waals surface area contributed by atoms with Crippen LogP contribution in [0.5, 0.6) is 0 Å². The Morgan fingerprint density at radius 3 is 1.58 bits per heavy atom. The van der Waals surface area contributed by atoms with Gasteiger partial charge in [0.1, 0.15) is 0 Å². The second-order valence-electron chi connectivity index (χ2n) is 4.38. The third-order valence-corrected chi connectivity index (χ3v) is 3.09. The quantitative estimate of drug-likeness (QED) is 0.682. The molecule has 0 aromatic rings. The minimum atomic E-state index is -0.767. The Balaban J connectivity index is 4.57. The summed E-state index contributed by atoms with van der Waals surface area (Å²) in [7, 11) is 0. The Morgan fingerprint density at radius 2 is 1.50 bits per heavy atom. The molecule has 0 fully saturated rings. The van der Waals surface area contributed by atoms with Crippen molar-refractivity contribution < 1.29 is 5.11 Å². The first-order valence-corrected chi connectivity index (χ1v) is 4.78. The van der Waals surface area contributed by atoms with Gasteiger partial charge >= 0.3 is 0 Å². The van der Waals surface area contributed by atoms with Crippen LogP contribution in [0, 0.1) is 5.92 Å². The summed E-state index contributed by atoms with van der Waals surface area (Å²) in [6, 6.07) is 0. The monoisotopic (exact) mass is 173 g/mol. The average molecular weight is 173 g/mol. The smallest absolute Gasteiger partial charge is 0.0820 e. The van der Waals surface area contributed by atoms with Crippen LogP contribution in [0.4, 0.5) is 0 Å². The summed E-state index contributed by atoms with van der Waals surface area (Å²) < 4.78 is 0. The van der Waals surface area contributed by atoms with Crippen molar-refractivity contribution in [3.63, 3.8) is 0 Å². The fourth-order valence-electron chi connectivity index (χ4n) is 1.61. The van der Waals surface area contributed by atoms with Crippen LogP contribution < -0.4 is 5.73 Å². The van der Waals surface area contributed by atoms with E-state index in [-0.39, 0.29) is 5.92 Å². The lowest BCUT2D eigenvalue weighted by molar-refractivity contribution is -0.0587. The van der Waals surface area contributed by atoms with Gasteiger partial charge in [-0.2, -0.15) is 0 Å². The van der Waals surface area contributed by atoms with E-state index in [1.54, 1.807) is 0 Å². The van der Waals surface area contributed by atoms with E-state index in [9.17, 15) is 5.11 Å². The highest BCUT2D eigenvalue weighted by atomic mass is 16.3. The van der Waals surface area contributed by atoms with Crippen LogP contribution in [0.3, 0.4) is 0 Å². The lowest BCUT2D eigenvalue weighted by Gasteiger charge is -2.42. The molecule has 0 aliphatic rings. The van der Waals surface area contributed by atoms with Crippen molar-refractivity contribution in [2.45, 2.75) is 58.6 Å². The molecule has 1 unspecified atom stereocenters. The summed E-state index contributed by atoms with van der Waals surface area (Å²) in [4.78, 5) is 0. The molecule has 0 rings (SSSR count). The fraction of sp³-hybridized carbons (Fsp3) is 1.00. The van der Waals surface area contributed by atoms with Crippen molar-refractivity contribution >= 4 is 0 Å². The normalized spacial score (nSPS) is 18.0. The second-order valence-corrected chi connectivity index (χ2v) is 4.38. The maximum absolute atomic E-state index is 10.2. The third-order valence-electron chi connectivity index (χ3n) is 3.09. The Morgan fingerprint density at radius 1 is 1.17 bits per heavy atom. The molecular formula is C10H23NO. The molecule has 2 nitrogen and oxygen atoms in total. The van der Waals surface area contributed by atoms with Gasteiger partial charge in [-0.05, 0) is 26.7 Å². The molecule has 0 aromatic heterocycles. The predicted octanol–water partition coefficient (Wildman–Crippen LogP) is 1.91. The number of rotatable bonds is 4. The molecular weight excluding hydrogens is 150 g/mol. The van der Waals surface area contributed by atoms with Crippen molar-refractivity contribution in [2.24, 2.45) is 11.7 Å². The van der Waals surface area contributed by atoms with Gasteiger partial charge in [0.05, 0.1) is 5.60 Å². The van der Waals surface area contributed by atoms with Crippen LogP contribution in [-0.2, 0) is 0 Å². The molecule has 0 amide bonds. The Kier molecular flexibility index (Phi) is 3.73. The highest BCUT2D eigenvalue weighted by Gasteiger charge is 2.41.